The highest BCUT2D eigenvalue weighted by atomic mass is 16.5. The van der Waals surface area contributed by atoms with Gasteiger partial charge in [0.2, 0.25) is 0 Å². The van der Waals surface area contributed by atoms with Crippen LogP contribution in [0.2, 0.25) is 0 Å². The fourth-order valence-corrected chi connectivity index (χ4v) is 2.46. The van der Waals surface area contributed by atoms with Crippen LogP contribution in [-0.2, 0) is 17.7 Å². The van der Waals surface area contributed by atoms with Crippen LogP contribution in [0.5, 0.6) is 0 Å². The number of morpholine rings is 1. The molecule has 2 nitrogen and oxygen atoms in total. The van der Waals surface area contributed by atoms with Crippen molar-refractivity contribution in [2.24, 2.45) is 5.41 Å². The topological polar surface area (TPSA) is 12.5 Å². The molecule has 2 heteroatoms. The first-order valence-corrected chi connectivity index (χ1v) is 6.91. The van der Waals surface area contributed by atoms with Crippen LogP contribution in [-0.4, -0.2) is 31.2 Å². The quantitative estimate of drug-likeness (QED) is 0.814. The van der Waals surface area contributed by atoms with Crippen LogP contribution < -0.4 is 0 Å². The highest BCUT2D eigenvalue weighted by molar-refractivity contribution is 5.28. The summed E-state index contributed by atoms with van der Waals surface area (Å²) in [4.78, 5) is 2.49. The molecule has 0 atom stereocenters. The molecule has 18 heavy (non-hydrogen) atoms. The van der Waals surface area contributed by atoms with Crippen LogP contribution in [0, 0.1) is 5.41 Å². The smallest absolute Gasteiger partial charge is 0.0594 e. The third-order valence-electron chi connectivity index (χ3n) is 3.34. The maximum Gasteiger partial charge on any atom is 0.0594 e. The van der Waals surface area contributed by atoms with Gasteiger partial charge in [0.1, 0.15) is 0 Å². The van der Waals surface area contributed by atoms with Gasteiger partial charge >= 0.3 is 0 Å². The van der Waals surface area contributed by atoms with E-state index >= 15 is 0 Å². The number of hydrogen-bond acceptors (Lipinski definition) is 2. The van der Waals surface area contributed by atoms with Crippen molar-refractivity contribution in [2.45, 2.75) is 33.7 Å². The molecular formula is C16H25NO. The SMILES string of the molecule is CC(C)(C)Cc1ccccc1CN1CCOCC1. The third-order valence-corrected chi connectivity index (χ3v) is 3.34. The van der Waals surface area contributed by atoms with E-state index in [4.69, 9.17) is 4.74 Å². The number of ether oxygens (including phenoxy) is 1. The summed E-state index contributed by atoms with van der Waals surface area (Å²) in [5, 5.41) is 0. The summed E-state index contributed by atoms with van der Waals surface area (Å²) in [6.45, 7) is 11.8. The van der Waals surface area contributed by atoms with Crippen LogP contribution in [0.1, 0.15) is 31.9 Å². The molecule has 0 spiro atoms. The predicted octanol–water partition coefficient (Wildman–Crippen LogP) is 3.11. The lowest BCUT2D eigenvalue weighted by Crippen LogP contribution is -2.36. The highest BCUT2D eigenvalue weighted by Gasteiger charge is 2.16. The molecule has 0 aliphatic carbocycles. The molecule has 1 aromatic rings. The largest absolute Gasteiger partial charge is 0.379 e. The third kappa shape index (κ3) is 4.11. The van der Waals surface area contributed by atoms with Gasteiger partial charge in [-0.1, -0.05) is 45.0 Å². The van der Waals surface area contributed by atoms with Crippen LogP contribution in [0.15, 0.2) is 24.3 Å². The molecule has 2 rings (SSSR count). The van der Waals surface area contributed by atoms with E-state index in [2.05, 4.69) is 49.9 Å². The van der Waals surface area contributed by atoms with Gasteiger partial charge in [0.25, 0.3) is 0 Å². The summed E-state index contributed by atoms with van der Waals surface area (Å²) < 4.78 is 5.41. The van der Waals surface area contributed by atoms with E-state index in [-0.39, 0.29) is 0 Å². The monoisotopic (exact) mass is 247 g/mol. The van der Waals surface area contributed by atoms with Crippen molar-refractivity contribution in [2.75, 3.05) is 26.3 Å². The Bertz CT molecular complexity index is 375. The van der Waals surface area contributed by atoms with Crippen LogP contribution >= 0.6 is 0 Å². The second-order valence-electron chi connectivity index (χ2n) is 6.39. The Kier molecular flexibility index (Phi) is 4.41. The lowest BCUT2D eigenvalue weighted by Gasteiger charge is -2.28. The Balaban J connectivity index is 2.06. The molecule has 1 aromatic carbocycles. The minimum Gasteiger partial charge on any atom is -0.379 e. The minimum absolute atomic E-state index is 0.348. The Morgan fingerprint density at radius 3 is 2.28 bits per heavy atom. The van der Waals surface area contributed by atoms with Crippen molar-refractivity contribution in [1.82, 2.24) is 4.90 Å². The predicted molar refractivity (Wildman–Crippen MR) is 75.7 cm³/mol. The molecular weight excluding hydrogens is 222 g/mol. The van der Waals surface area contributed by atoms with Gasteiger partial charge in [0.05, 0.1) is 13.2 Å². The second kappa shape index (κ2) is 5.85. The maximum absolute atomic E-state index is 5.41. The van der Waals surface area contributed by atoms with Gasteiger partial charge < -0.3 is 4.74 Å². The van der Waals surface area contributed by atoms with Gasteiger partial charge in [-0.2, -0.15) is 0 Å². The molecule has 1 heterocycles. The first-order chi connectivity index (χ1) is 8.54. The van der Waals surface area contributed by atoms with Gasteiger partial charge in [-0.15, -0.1) is 0 Å². The molecule has 100 valence electrons. The number of rotatable bonds is 3. The van der Waals surface area contributed by atoms with E-state index in [1.165, 1.54) is 11.1 Å². The molecule has 0 bridgehead atoms. The molecule has 0 radical (unpaired) electrons. The van der Waals surface area contributed by atoms with E-state index in [1.807, 2.05) is 0 Å². The van der Waals surface area contributed by atoms with Crippen molar-refractivity contribution in [3.63, 3.8) is 0 Å². The highest BCUT2D eigenvalue weighted by Crippen LogP contribution is 2.23. The van der Waals surface area contributed by atoms with Gasteiger partial charge in [-0.25, -0.2) is 0 Å². The van der Waals surface area contributed by atoms with E-state index < -0.39 is 0 Å². The van der Waals surface area contributed by atoms with Crippen molar-refractivity contribution in [1.29, 1.82) is 0 Å². The van der Waals surface area contributed by atoms with E-state index in [9.17, 15) is 0 Å². The average molecular weight is 247 g/mol. The van der Waals surface area contributed by atoms with Gasteiger partial charge in [0.15, 0.2) is 0 Å². The summed E-state index contributed by atoms with van der Waals surface area (Å²) in [6.07, 6.45) is 1.15. The number of hydrogen-bond donors (Lipinski definition) is 0. The molecule has 1 saturated heterocycles. The summed E-state index contributed by atoms with van der Waals surface area (Å²) in [7, 11) is 0. The Hall–Kier alpha value is -0.860. The summed E-state index contributed by atoms with van der Waals surface area (Å²) in [5.74, 6) is 0. The van der Waals surface area contributed by atoms with Crippen LogP contribution in [0.4, 0.5) is 0 Å². The molecule has 0 unspecified atom stereocenters. The van der Waals surface area contributed by atoms with Gasteiger partial charge in [-0.05, 0) is 23.0 Å². The van der Waals surface area contributed by atoms with Gasteiger partial charge in [0, 0.05) is 19.6 Å². The first kappa shape index (κ1) is 13.6. The van der Waals surface area contributed by atoms with Crippen molar-refractivity contribution in [3.8, 4) is 0 Å². The van der Waals surface area contributed by atoms with Crippen LogP contribution in [0.3, 0.4) is 0 Å². The van der Waals surface area contributed by atoms with Crippen molar-refractivity contribution in [3.05, 3.63) is 35.4 Å². The molecule has 0 amide bonds. The van der Waals surface area contributed by atoms with E-state index in [0.29, 0.717) is 5.41 Å². The Morgan fingerprint density at radius 2 is 1.67 bits per heavy atom. The lowest BCUT2D eigenvalue weighted by molar-refractivity contribution is 0.0340. The fourth-order valence-electron chi connectivity index (χ4n) is 2.46. The summed E-state index contributed by atoms with van der Waals surface area (Å²) in [5.41, 5.74) is 3.33. The minimum atomic E-state index is 0.348. The second-order valence-corrected chi connectivity index (χ2v) is 6.39. The molecule has 1 aliphatic rings. The van der Waals surface area contributed by atoms with Crippen molar-refractivity contribution < 1.29 is 4.74 Å². The van der Waals surface area contributed by atoms with Crippen molar-refractivity contribution >= 4 is 0 Å². The maximum atomic E-state index is 5.41. The fraction of sp³-hybridized carbons (Fsp3) is 0.625. The molecule has 0 saturated carbocycles. The molecule has 0 aromatic heterocycles. The molecule has 1 aliphatic heterocycles. The van der Waals surface area contributed by atoms with Gasteiger partial charge in [-0.3, -0.25) is 4.90 Å². The zero-order valence-electron chi connectivity index (χ0n) is 11.9. The normalized spacial score (nSPS) is 17.9. The first-order valence-electron chi connectivity index (χ1n) is 6.91. The average Bonchev–Trinajstić information content (AvgIpc) is 2.31. The Morgan fingerprint density at radius 1 is 1.06 bits per heavy atom. The Labute approximate surface area is 111 Å². The lowest BCUT2D eigenvalue weighted by atomic mass is 9.86. The summed E-state index contributed by atoms with van der Waals surface area (Å²) >= 11 is 0. The zero-order valence-corrected chi connectivity index (χ0v) is 11.9. The van der Waals surface area contributed by atoms with E-state index in [0.717, 1.165) is 39.3 Å². The number of nitrogens with zero attached hydrogens (tertiary/aromatic N) is 1. The van der Waals surface area contributed by atoms with E-state index in [1.54, 1.807) is 0 Å². The molecule has 1 fully saturated rings. The standard InChI is InChI=1S/C16H25NO/c1-16(2,3)12-14-6-4-5-7-15(14)13-17-8-10-18-11-9-17/h4-7H,8-13H2,1-3H3. The zero-order chi connectivity index (χ0) is 13.0. The number of benzene rings is 1. The summed E-state index contributed by atoms with van der Waals surface area (Å²) in [6, 6.07) is 8.86. The van der Waals surface area contributed by atoms with Crippen LogP contribution in [0.25, 0.3) is 0 Å². The molecule has 0 N–H and O–H groups in total.